The van der Waals surface area contributed by atoms with Crippen LogP contribution in [0, 0.1) is 0 Å². The molecule has 92 valence electrons. The first-order chi connectivity index (χ1) is 8.22. The van der Waals surface area contributed by atoms with Crippen molar-refractivity contribution in [2.45, 2.75) is 32.0 Å². The lowest BCUT2D eigenvalue weighted by Gasteiger charge is -2.35. The number of hydrogen-bond donors (Lipinski definition) is 1. The van der Waals surface area contributed by atoms with Gasteiger partial charge in [0, 0.05) is 31.4 Å². The SMILES string of the molecule is CN1CCCC(N2Cc3ccc(N)cc3C2)C1. The van der Waals surface area contributed by atoms with Crippen LogP contribution in [0.25, 0.3) is 0 Å². The number of rotatable bonds is 1. The van der Waals surface area contributed by atoms with Gasteiger partial charge in [-0.15, -0.1) is 0 Å². The van der Waals surface area contributed by atoms with E-state index >= 15 is 0 Å². The van der Waals surface area contributed by atoms with E-state index in [0.29, 0.717) is 0 Å². The number of likely N-dealkylation sites (tertiary alicyclic amines) is 1. The molecule has 1 aromatic carbocycles. The molecule has 1 saturated heterocycles. The van der Waals surface area contributed by atoms with Gasteiger partial charge in [-0.2, -0.15) is 0 Å². The van der Waals surface area contributed by atoms with Gasteiger partial charge in [-0.25, -0.2) is 0 Å². The molecule has 2 N–H and O–H groups in total. The van der Waals surface area contributed by atoms with Gasteiger partial charge in [0.05, 0.1) is 0 Å². The van der Waals surface area contributed by atoms with E-state index in [9.17, 15) is 0 Å². The molecule has 3 nitrogen and oxygen atoms in total. The van der Waals surface area contributed by atoms with E-state index in [0.717, 1.165) is 24.8 Å². The van der Waals surface area contributed by atoms with Gasteiger partial charge in [0.15, 0.2) is 0 Å². The number of fused-ring (bicyclic) bond motifs is 1. The van der Waals surface area contributed by atoms with E-state index in [2.05, 4.69) is 29.0 Å². The summed E-state index contributed by atoms with van der Waals surface area (Å²) in [6.45, 7) is 4.65. The van der Waals surface area contributed by atoms with Gasteiger partial charge < -0.3 is 10.6 Å². The number of nitrogens with zero attached hydrogens (tertiary/aromatic N) is 2. The van der Waals surface area contributed by atoms with Crippen LogP contribution in [0.15, 0.2) is 18.2 Å². The normalized spacial score (nSPS) is 26.1. The van der Waals surface area contributed by atoms with E-state index in [-0.39, 0.29) is 0 Å². The van der Waals surface area contributed by atoms with Crippen molar-refractivity contribution >= 4 is 5.69 Å². The van der Waals surface area contributed by atoms with Crippen LogP contribution in [0.5, 0.6) is 0 Å². The van der Waals surface area contributed by atoms with Gasteiger partial charge in [-0.1, -0.05) is 6.07 Å². The van der Waals surface area contributed by atoms with Crippen molar-refractivity contribution in [1.82, 2.24) is 9.80 Å². The van der Waals surface area contributed by atoms with Crippen molar-refractivity contribution in [2.75, 3.05) is 25.9 Å². The largest absolute Gasteiger partial charge is 0.399 e. The smallest absolute Gasteiger partial charge is 0.0317 e. The highest BCUT2D eigenvalue weighted by Gasteiger charge is 2.28. The van der Waals surface area contributed by atoms with E-state index in [1.807, 2.05) is 6.07 Å². The summed E-state index contributed by atoms with van der Waals surface area (Å²) in [7, 11) is 2.23. The van der Waals surface area contributed by atoms with Crippen LogP contribution in [0.4, 0.5) is 5.69 Å². The Hall–Kier alpha value is -1.06. The van der Waals surface area contributed by atoms with Crippen LogP contribution < -0.4 is 5.73 Å². The van der Waals surface area contributed by atoms with Gasteiger partial charge in [-0.3, -0.25) is 4.90 Å². The van der Waals surface area contributed by atoms with Crippen LogP contribution >= 0.6 is 0 Å². The Morgan fingerprint density at radius 2 is 2.06 bits per heavy atom. The Morgan fingerprint density at radius 1 is 1.24 bits per heavy atom. The minimum atomic E-state index is 0.724. The van der Waals surface area contributed by atoms with Gasteiger partial charge in [0.25, 0.3) is 0 Å². The summed E-state index contributed by atoms with van der Waals surface area (Å²) < 4.78 is 0. The van der Waals surface area contributed by atoms with Crippen molar-refractivity contribution in [2.24, 2.45) is 0 Å². The molecule has 0 saturated carbocycles. The van der Waals surface area contributed by atoms with Crippen molar-refractivity contribution in [1.29, 1.82) is 0 Å². The number of hydrogen-bond acceptors (Lipinski definition) is 3. The third-order valence-electron chi connectivity index (χ3n) is 4.09. The molecule has 0 bridgehead atoms. The Bertz CT molecular complexity index is 416. The standard InChI is InChI=1S/C14H21N3/c1-16-6-2-3-14(10-16)17-8-11-4-5-13(15)7-12(11)9-17/h4-5,7,14H,2-3,6,8-10,15H2,1H3. The van der Waals surface area contributed by atoms with Crippen molar-refractivity contribution in [3.63, 3.8) is 0 Å². The van der Waals surface area contributed by atoms with Crippen molar-refractivity contribution in [3.05, 3.63) is 29.3 Å². The lowest BCUT2D eigenvalue weighted by Crippen LogP contribution is -2.44. The summed E-state index contributed by atoms with van der Waals surface area (Å²) in [6.07, 6.45) is 2.67. The molecular weight excluding hydrogens is 210 g/mol. The van der Waals surface area contributed by atoms with Gasteiger partial charge >= 0.3 is 0 Å². The number of likely N-dealkylation sites (N-methyl/N-ethyl adjacent to an activating group) is 1. The average Bonchev–Trinajstić information content (AvgIpc) is 2.72. The first kappa shape index (κ1) is 11.1. The molecule has 1 atom stereocenters. The zero-order valence-electron chi connectivity index (χ0n) is 10.5. The van der Waals surface area contributed by atoms with Crippen LogP contribution in [0.2, 0.25) is 0 Å². The van der Waals surface area contributed by atoms with Gasteiger partial charge in [-0.05, 0) is 49.7 Å². The fraction of sp³-hybridized carbons (Fsp3) is 0.571. The molecule has 1 aromatic rings. The second kappa shape index (κ2) is 4.31. The Kier molecular flexibility index (Phi) is 2.81. The molecule has 3 rings (SSSR count). The second-order valence-corrected chi connectivity index (χ2v) is 5.49. The minimum Gasteiger partial charge on any atom is -0.399 e. The van der Waals surface area contributed by atoms with Crippen LogP contribution in [-0.2, 0) is 13.1 Å². The Balaban J connectivity index is 1.73. The third kappa shape index (κ3) is 2.17. The highest BCUT2D eigenvalue weighted by Crippen LogP contribution is 2.28. The molecule has 2 aliphatic rings. The zero-order chi connectivity index (χ0) is 11.8. The van der Waals surface area contributed by atoms with Crippen LogP contribution in [0.1, 0.15) is 24.0 Å². The maximum atomic E-state index is 5.85. The number of anilines is 1. The molecule has 0 spiro atoms. The number of piperidine rings is 1. The predicted molar refractivity (Wildman–Crippen MR) is 70.6 cm³/mol. The van der Waals surface area contributed by atoms with E-state index in [1.54, 1.807) is 0 Å². The van der Waals surface area contributed by atoms with Gasteiger partial charge in [0.1, 0.15) is 0 Å². The molecule has 0 aliphatic carbocycles. The summed E-state index contributed by atoms with van der Waals surface area (Å²) in [5.41, 5.74) is 9.64. The highest BCUT2D eigenvalue weighted by atomic mass is 15.2. The fourth-order valence-corrected chi connectivity index (χ4v) is 3.14. The Morgan fingerprint density at radius 3 is 2.88 bits per heavy atom. The zero-order valence-corrected chi connectivity index (χ0v) is 10.5. The monoisotopic (exact) mass is 231 g/mol. The third-order valence-corrected chi connectivity index (χ3v) is 4.09. The van der Waals surface area contributed by atoms with E-state index < -0.39 is 0 Å². The molecule has 2 heterocycles. The Labute approximate surface area is 103 Å². The van der Waals surface area contributed by atoms with Crippen LogP contribution in [-0.4, -0.2) is 36.0 Å². The summed E-state index contributed by atoms with van der Waals surface area (Å²) in [6, 6.07) is 7.08. The fourth-order valence-electron chi connectivity index (χ4n) is 3.14. The topological polar surface area (TPSA) is 32.5 Å². The molecule has 0 amide bonds. The molecule has 17 heavy (non-hydrogen) atoms. The molecule has 3 heteroatoms. The van der Waals surface area contributed by atoms with Gasteiger partial charge in [0.2, 0.25) is 0 Å². The predicted octanol–water partition coefficient (Wildman–Crippen LogP) is 1.68. The molecule has 1 unspecified atom stereocenters. The molecular formula is C14H21N3. The maximum Gasteiger partial charge on any atom is 0.0317 e. The second-order valence-electron chi connectivity index (χ2n) is 5.49. The summed E-state index contributed by atoms with van der Waals surface area (Å²) >= 11 is 0. The average molecular weight is 231 g/mol. The van der Waals surface area contributed by atoms with E-state index in [1.165, 1.54) is 37.1 Å². The maximum absolute atomic E-state index is 5.85. The van der Waals surface area contributed by atoms with Crippen molar-refractivity contribution < 1.29 is 0 Å². The molecule has 1 fully saturated rings. The molecule has 0 radical (unpaired) electrons. The number of benzene rings is 1. The van der Waals surface area contributed by atoms with E-state index in [4.69, 9.17) is 5.73 Å². The lowest BCUT2D eigenvalue weighted by molar-refractivity contribution is 0.111. The number of nitrogen functional groups attached to an aromatic ring is 1. The van der Waals surface area contributed by atoms with Crippen LogP contribution in [0.3, 0.4) is 0 Å². The summed E-state index contributed by atoms with van der Waals surface area (Å²) in [5.74, 6) is 0. The molecule has 0 aromatic heterocycles. The quantitative estimate of drug-likeness (QED) is 0.746. The first-order valence-corrected chi connectivity index (χ1v) is 6.52. The lowest BCUT2D eigenvalue weighted by atomic mass is 10.1. The highest BCUT2D eigenvalue weighted by molar-refractivity contribution is 5.46. The first-order valence-electron chi connectivity index (χ1n) is 6.52. The summed E-state index contributed by atoms with van der Waals surface area (Å²) in [4.78, 5) is 5.06. The minimum absolute atomic E-state index is 0.724. The number of nitrogens with two attached hydrogens (primary N) is 1. The summed E-state index contributed by atoms with van der Waals surface area (Å²) in [5, 5.41) is 0. The molecule has 2 aliphatic heterocycles. The van der Waals surface area contributed by atoms with Crippen molar-refractivity contribution in [3.8, 4) is 0 Å².